The standard InChI is InChI=1S/C23H36N2O6/c1-4-29-15-31-17-12-18-19(13-17)21(27)25(3)11-9-7-6-8-10-16-14-23(16,24-20(18)26)22(28)30-5-2/h8,10,16-19H,4-7,9,11-15H2,1-3H3,(H,24,26)/b10-8-/t16-,17-,18-,19-,23-/m1/s1. The Labute approximate surface area is 184 Å². The summed E-state index contributed by atoms with van der Waals surface area (Å²) in [4.78, 5) is 41.0. The van der Waals surface area contributed by atoms with Crippen LogP contribution in [0.4, 0.5) is 0 Å². The van der Waals surface area contributed by atoms with Crippen molar-refractivity contribution in [1.82, 2.24) is 10.2 Å². The summed E-state index contributed by atoms with van der Waals surface area (Å²) in [6.45, 7) is 5.25. The van der Waals surface area contributed by atoms with Gasteiger partial charge in [-0.1, -0.05) is 12.2 Å². The van der Waals surface area contributed by atoms with Crippen LogP contribution in [0.15, 0.2) is 12.2 Å². The summed E-state index contributed by atoms with van der Waals surface area (Å²) in [7, 11) is 1.80. The third-order valence-electron chi connectivity index (χ3n) is 6.62. The molecule has 2 fully saturated rings. The van der Waals surface area contributed by atoms with Crippen LogP contribution in [-0.4, -0.2) is 67.9 Å². The second kappa shape index (κ2) is 10.6. The van der Waals surface area contributed by atoms with Gasteiger partial charge < -0.3 is 24.4 Å². The fourth-order valence-electron chi connectivity index (χ4n) is 4.70. The topological polar surface area (TPSA) is 94.2 Å². The normalized spacial score (nSPS) is 34.9. The predicted molar refractivity (Wildman–Crippen MR) is 114 cm³/mol. The first kappa shape index (κ1) is 23.7. The Balaban J connectivity index is 1.81. The van der Waals surface area contributed by atoms with E-state index in [0.717, 1.165) is 19.3 Å². The molecule has 0 saturated heterocycles. The van der Waals surface area contributed by atoms with Crippen molar-refractivity contribution in [2.75, 3.05) is 33.6 Å². The monoisotopic (exact) mass is 436 g/mol. The lowest BCUT2D eigenvalue weighted by molar-refractivity contribution is -0.150. The minimum Gasteiger partial charge on any atom is -0.464 e. The van der Waals surface area contributed by atoms with Crippen LogP contribution in [-0.2, 0) is 28.6 Å². The Bertz CT molecular complexity index is 696. The summed E-state index contributed by atoms with van der Waals surface area (Å²) < 4.78 is 16.3. The molecule has 2 aliphatic carbocycles. The molecule has 3 aliphatic rings. The van der Waals surface area contributed by atoms with Gasteiger partial charge in [-0.15, -0.1) is 0 Å². The van der Waals surface area contributed by atoms with Crippen molar-refractivity contribution in [2.45, 2.75) is 64.0 Å². The van der Waals surface area contributed by atoms with Crippen molar-refractivity contribution in [3.63, 3.8) is 0 Å². The van der Waals surface area contributed by atoms with Gasteiger partial charge >= 0.3 is 5.97 Å². The van der Waals surface area contributed by atoms with Crippen molar-refractivity contribution in [3.05, 3.63) is 12.2 Å². The number of carbonyl (C=O) groups excluding carboxylic acids is 3. The summed E-state index contributed by atoms with van der Waals surface area (Å²) >= 11 is 0. The van der Waals surface area contributed by atoms with E-state index in [1.54, 1.807) is 18.9 Å². The zero-order valence-electron chi connectivity index (χ0n) is 18.9. The molecule has 3 rings (SSSR count). The Morgan fingerprint density at radius 3 is 2.71 bits per heavy atom. The molecule has 0 aromatic rings. The molecule has 0 bridgehead atoms. The third-order valence-corrected chi connectivity index (χ3v) is 6.62. The molecule has 2 amide bonds. The summed E-state index contributed by atoms with van der Waals surface area (Å²) in [5.74, 6) is -1.77. The summed E-state index contributed by atoms with van der Waals surface area (Å²) in [5.41, 5.74) is -1.02. The van der Waals surface area contributed by atoms with Crippen LogP contribution in [0.2, 0.25) is 0 Å². The van der Waals surface area contributed by atoms with Crippen LogP contribution >= 0.6 is 0 Å². The second-order valence-electron chi connectivity index (χ2n) is 8.76. The lowest BCUT2D eigenvalue weighted by Crippen LogP contribution is -2.50. The van der Waals surface area contributed by atoms with Crippen LogP contribution in [0.25, 0.3) is 0 Å². The number of amides is 2. The van der Waals surface area contributed by atoms with E-state index in [0.29, 0.717) is 32.4 Å². The summed E-state index contributed by atoms with van der Waals surface area (Å²) in [6, 6.07) is 0. The molecule has 0 aromatic heterocycles. The van der Waals surface area contributed by atoms with E-state index in [-0.39, 0.29) is 37.2 Å². The molecule has 1 N–H and O–H groups in total. The quantitative estimate of drug-likeness (QED) is 0.296. The maximum absolute atomic E-state index is 13.3. The average molecular weight is 437 g/mol. The van der Waals surface area contributed by atoms with Gasteiger partial charge in [0.05, 0.1) is 24.5 Å². The number of hydrogen-bond acceptors (Lipinski definition) is 6. The second-order valence-corrected chi connectivity index (χ2v) is 8.76. The number of hydrogen-bond donors (Lipinski definition) is 1. The van der Waals surface area contributed by atoms with E-state index in [1.807, 2.05) is 13.0 Å². The van der Waals surface area contributed by atoms with Crippen LogP contribution in [0.3, 0.4) is 0 Å². The van der Waals surface area contributed by atoms with Crippen molar-refractivity contribution in [1.29, 1.82) is 0 Å². The molecule has 0 aromatic carbocycles. The smallest absolute Gasteiger partial charge is 0.332 e. The number of esters is 1. The minimum atomic E-state index is -1.02. The first-order valence-corrected chi connectivity index (χ1v) is 11.5. The molecule has 1 aliphatic heterocycles. The minimum absolute atomic E-state index is 0.0345. The lowest BCUT2D eigenvalue weighted by atomic mass is 9.93. The SMILES string of the molecule is CCOCO[C@@H]1C[C@H]2C(=O)N[C@]3(C(=O)OCC)C[C@H]3/C=C\CCCCN(C)C(=O)[C@@H]2C1. The van der Waals surface area contributed by atoms with E-state index in [9.17, 15) is 14.4 Å². The number of carbonyl (C=O) groups is 3. The fraction of sp³-hybridized carbons (Fsp3) is 0.783. The van der Waals surface area contributed by atoms with Crippen molar-refractivity contribution in [3.8, 4) is 0 Å². The van der Waals surface area contributed by atoms with Gasteiger partial charge in [-0.3, -0.25) is 9.59 Å². The number of allylic oxidation sites excluding steroid dienone is 1. The van der Waals surface area contributed by atoms with Gasteiger partial charge in [-0.25, -0.2) is 4.79 Å². The van der Waals surface area contributed by atoms with Gasteiger partial charge in [0.2, 0.25) is 11.8 Å². The molecule has 1 heterocycles. The molecule has 0 unspecified atom stereocenters. The molecule has 8 nitrogen and oxygen atoms in total. The van der Waals surface area contributed by atoms with E-state index < -0.39 is 23.3 Å². The Hall–Kier alpha value is -1.93. The molecular weight excluding hydrogens is 400 g/mol. The highest BCUT2D eigenvalue weighted by Gasteiger charge is 2.62. The maximum atomic E-state index is 13.3. The molecule has 174 valence electrons. The molecular formula is C23H36N2O6. The van der Waals surface area contributed by atoms with E-state index in [1.165, 1.54) is 0 Å². The average Bonchev–Trinajstić information content (AvgIpc) is 3.27. The molecule has 2 saturated carbocycles. The zero-order chi connectivity index (χ0) is 22.4. The number of rotatable bonds is 6. The van der Waals surface area contributed by atoms with Crippen molar-refractivity contribution < 1.29 is 28.6 Å². The van der Waals surface area contributed by atoms with Gasteiger partial charge in [-0.05, 0) is 52.4 Å². The van der Waals surface area contributed by atoms with Gasteiger partial charge in [0.25, 0.3) is 0 Å². The third kappa shape index (κ3) is 5.47. The highest BCUT2D eigenvalue weighted by Crippen LogP contribution is 2.47. The first-order chi connectivity index (χ1) is 14.9. The number of nitrogens with zero attached hydrogens (tertiary/aromatic N) is 1. The van der Waals surface area contributed by atoms with Gasteiger partial charge in [0.15, 0.2) is 0 Å². The Morgan fingerprint density at radius 2 is 1.97 bits per heavy atom. The zero-order valence-corrected chi connectivity index (χ0v) is 18.9. The van der Waals surface area contributed by atoms with E-state index in [4.69, 9.17) is 14.2 Å². The number of ether oxygens (including phenoxy) is 3. The molecule has 31 heavy (non-hydrogen) atoms. The Morgan fingerprint density at radius 1 is 1.19 bits per heavy atom. The van der Waals surface area contributed by atoms with Crippen LogP contribution < -0.4 is 5.32 Å². The van der Waals surface area contributed by atoms with Crippen molar-refractivity contribution >= 4 is 17.8 Å². The van der Waals surface area contributed by atoms with Gasteiger partial charge in [0.1, 0.15) is 12.3 Å². The van der Waals surface area contributed by atoms with Crippen LogP contribution in [0.5, 0.6) is 0 Å². The summed E-state index contributed by atoms with van der Waals surface area (Å²) in [6.07, 6.45) is 8.05. The van der Waals surface area contributed by atoms with Crippen LogP contribution in [0, 0.1) is 17.8 Å². The largest absolute Gasteiger partial charge is 0.464 e. The van der Waals surface area contributed by atoms with E-state index in [2.05, 4.69) is 11.4 Å². The van der Waals surface area contributed by atoms with Crippen LogP contribution in [0.1, 0.15) is 52.4 Å². The van der Waals surface area contributed by atoms with Gasteiger partial charge in [-0.2, -0.15) is 0 Å². The summed E-state index contributed by atoms with van der Waals surface area (Å²) in [5, 5.41) is 2.98. The predicted octanol–water partition coefficient (Wildman–Crippen LogP) is 2.03. The number of nitrogens with one attached hydrogen (secondary N) is 1. The molecule has 5 atom stereocenters. The Kier molecular flexibility index (Phi) is 8.11. The lowest BCUT2D eigenvalue weighted by Gasteiger charge is -2.26. The highest BCUT2D eigenvalue weighted by atomic mass is 16.7. The molecule has 0 radical (unpaired) electrons. The first-order valence-electron chi connectivity index (χ1n) is 11.5. The highest BCUT2D eigenvalue weighted by molar-refractivity contribution is 5.95. The van der Waals surface area contributed by atoms with E-state index >= 15 is 0 Å². The fourth-order valence-corrected chi connectivity index (χ4v) is 4.70. The maximum Gasteiger partial charge on any atom is 0.332 e. The molecule has 8 heteroatoms. The number of fused-ring (bicyclic) bond motifs is 2. The van der Waals surface area contributed by atoms with Crippen molar-refractivity contribution in [2.24, 2.45) is 17.8 Å². The van der Waals surface area contributed by atoms with Gasteiger partial charge in [0, 0.05) is 26.1 Å². The molecule has 0 spiro atoms.